The lowest BCUT2D eigenvalue weighted by Gasteiger charge is -2.27. The van der Waals surface area contributed by atoms with E-state index in [1.165, 1.54) is 0 Å². The molecule has 182 valence electrons. The Morgan fingerprint density at radius 1 is 1.15 bits per heavy atom. The van der Waals surface area contributed by atoms with Crippen LogP contribution in [0.4, 0.5) is 5.69 Å². The molecule has 1 aliphatic rings. The molecule has 2 aromatic heterocycles. The quantitative estimate of drug-likeness (QED) is 0.556. The Balaban J connectivity index is 1.68. The zero-order chi connectivity index (χ0) is 24.4. The molecule has 3 aromatic rings. The second-order valence-electron chi connectivity index (χ2n) is 9.38. The molecule has 0 saturated carbocycles. The monoisotopic (exact) mass is 463 g/mol. The number of fused-ring (bicyclic) bond motifs is 2. The molecule has 4 rings (SSSR count). The van der Waals surface area contributed by atoms with E-state index in [4.69, 9.17) is 5.73 Å². The molecule has 0 saturated heterocycles. The van der Waals surface area contributed by atoms with E-state index in [1.54, 1.807) is 4.57 Å². The zero-order valence-electron chi connectivity index (χ0n) is 20.8. The van der Waals surface area contributed by atoms with Crippen molar-refractivity contribution in [1.29, 1.82) is 0 Å². The van der Waals surface area contributed by atoms with Gasteiger partial charge in [0.15, 0.2) is 0 Å². The normalized spacial score (nSPS) is 17.8. The van der Waals surface area contributed by atoms with Gasteiger partial charge in [-0.15, -0.1) is 0 Å². The van der Waals surface area contributed by atoms with Crippen molar-refractivity contribution in [3.05, 3.63) is 52.4 Å². The fourth-order valence-electron chi connectivity index (χ4n) is 5.18. The summed E-state index contributed by atoms with van der Waals surface area (Å²) >= 11 is 0. The average Bonchev–Trinajstić information content (AvgIpc) is 3.06. The molecule has 1 aromatic carbocycles. The van der Waals surface area contributed by atoms with Crippen molar-refractivity contribution in [2.75, 3.05) is 18.4 Å². The third-order valence-electron chi connectivity index (χ3n) is 6.92. The van der Waals surface area contributed by atoms with E-state index >= 15 is 0 Å². The minimum atomic E-state index is -0.292. The minimum Gasteiger partial charge on any atom is -0.370 e. The third kappa shape index (κ3) is 4.49. The van der Waals surface area contributed by atoms with Crippen molar-refractivity contribution in [1.82, 2.24) is 14.0 Å². The van der Waals surface area contributed by atoms with Crippen LogP contribution in [0.2, 0.25) is 0 Å². The van der Waals surface area contributed by atoms with Gasteiger partial charge < -0.3 is 25.1 Å². The molecule has 0 aliphatic carbocycles. The summed E-state index contributed by atoms with van der Waals surface area (Å²) in [5.41, 5.74) is 11.4. The summed E-state index contributed by atoms with van der Waals surface area (Å²) in [6, 6.07) is 10.3. The zero-order valence-corrected chi connectivity index (χ0v) is 20.8. The molecule has 1 aliphatic heterocycles. The van der Waals surface area contributed by atoms with Gasteiger partial charge in [0.25, 0.3) is 5.56 Å². The number of nitrogens with one attached hydrogen (secondary N) is 1. The van der Waals surface area contributed by atoms with Gasteiger partial charge in [0.05, 0.1) is 17.1 Å². The first-order chi connectivity index (χ1) is 16.4. The van der Waals surface area contributed by atoms with E-state index in [2.05, 4.69) is 41.9 Å². The van der Waals surface area contributed by atoms with Crippen LogP contribution < -0.4 is 16.6 Å². The van der Waals surface area contributed by atoms with Crippen molar-refractivity contribution >= 4 is 22.5 Å². The summed E-state index contributed by atoms with van der Waals surface area (Å²) in [5.74, 6) is 0.0802. The molecule has 3 heterocycles. The molecule has 0 radical (unpaired) electrons. The summed E-state index contributed by atoms with van der Waals surface area (Å²) in [6.07, 6.45) is 4.75. The van der Waals surface area contributed by atoms with Gasteiger partial charge in [0.1, 0.15) is 0 Å². The smallest absolute Gasteiger partial charge is 0.259 e. The van der Waals surface area contributed by atoms with E-state index in [9.17, 15) is 9.59 Å². The lowest BCUT2D eigenvalue weighted by atomic mass is 9.93. The number of aryl methyl sites for hydroxylation is 2. The van der Waals surface area contributed by atoms with Crippen LogP contribution in [0, 0.1) is 5.92 Å². The Hall–Kier alpha value is -3.06. The summed E-state index contributed by atoms with van der Waals surface area (Å²) in [4.78, 5) is 28.1. The standard InChI is InChI=1S/C27H37N5O2/c1-5-11-32(12-6-2)26(33)20-14-18-8-9-19(15-22(18)29-25(28)16-20)24-17-21-23(30(24)4)10-13-31(7-3)27(21)34/h8-10,13,15,17,20,25,29H,5-7,11-12,14,16,28H2,1-4H3. The number of rotatable bonds is 7. The molecule has 7 nitrogen and oxygen atoms in total. The number of hydrogen-bond donors (Lipinski definition) is 2. The molecular formula is C27H37N5O2. The van der Waals surface area contributed by atoms with Crippen LogP contribution in [0.1, 0.15) is 45.6 Å². The van der Waals surface area contributed by atoms with E-state index < -0.39 is 0 Å². The van der Waals surface area contributed by atoms with Crippen molar-refractivity contribution < 1.29 is 4.79 Å². The molecule has 2 atom stereocenters. The molecule has 0 spiro atoms. The van der Waals surface area contributed by atoms with Gasteiger partial charge in [-0.2, -0.15) is 0 Å². The third-order valence-corrected chi connectivity index (χ3v) is 6.92. The van der Waals surface area contributed by atoms with Gasteiger partial charge >= 0.3 is 0 Å². The highest BCUT2D eigenvalue weighted by Gasteiger charge is 2.29. The second kappa shape index (κ2) is 10.1. The first-order valence-electron chi connectivity index (χ1n) is 12.5. The number of carbonyl (C=O) groups is 1. The van der Waals surface area contributed by atoms with Crippen LogP contribution in [0.3, 0.4) is 0 Å². The van der Waals surface area contributed by atoms with Gasteiger partial charge in [0, 0.05) is 55.7 Å². The van der Waals surface area contributed by atoms with Crippen LogP contribution in [0.25, 0.3) is 22.2 Å². The maximum atomic E-state index is 13.3. The highest BCUT2D eigenvalue weighted by molar-refractivity contribution is 5.87. The molecular weight excluding hydrogens is 426 g/mol. The Labute approximate surface area is 201 Å². The molecule has 34 heavy (non-hydrogen) atoms. The lowest BCUT2D eigenvalue weighted by Crippen LogP contribution is -2.41. The molecule has 2 unspecified atom stereocenters. The maximum absolute atomic E-state index is 13.3. The van der Waals surface area contributed by atoms with E-state index in [-0.39, 0.29) is 23.6 Å². The Morgan fingerprint density at radius 3 is 2.56 bits per heavy atom. The van der Waals surface area contributed by atoms with Gasteiger partial charge in [-0.3, -0.25) is 9.59 Å². The highest BCUT2D eigenvalue weighted by Crippen LogP contribution is 2.33. The molecule has 1 amide bonds. The average molecular weight is 464 g/mol. The van der Waals surface area contributed by atoms with E-state index in [1.807, 2.05) is 37.2 Å². The largest absolute Gasteiger partial charge is 0.370 e. The Kier molecular flexibility index (Phi) is 7.12. The fraction of sp³-hybridized carbons (Fsp3) is 0.481. The summed E-state index contributed by atoms with van der Waals surface area (Å²) in [5, 5.41) is 4.16. The van der Waals surface area contributed by atoms with Gasteiger partial charge in [-0.25, -0.2) is 0 Å². The number of benzene rings is 1. The maximum Gasteiger partial charge on any atom is 0.259 e. The van der Waals surface area contributed by atoms with Gasteiger partial charge in [-0.1, -0.05) is 26.0 Å². The number of pyridine rings is 1. The second-order valence-corrected chi connectivity index (χ2v) is 9.38. The summed E-state index contributed by atoms with van der Waals surface area (Å²) < 4.78 is 3.79. The van der Waals surface area contributed by atoms with Crippen LogP contribution in [-0.2, 0) is 24.8 Å². The number of nitrogens with two attached hydrogens (primary N) is 1. The van der Waals surface area contributed by atoms with Crippen molar-refractivity contribution in [2.24, 2.45) is 18.7 Å². The van der Waals surface area contributed by atoms with E-state index in [0.29, 0.717) is 19.4 Å². The fourth-order valence-corrected chi connectivity index (χ4v) is 5.18. The van der Waals surface area contributed by atoms with Gasteiger partial charge in [0.2, 0.25) is 5.91 Å². The number of hydrogen-bond acceptors (Lipinski definition) is 4. The van der Waals surface area contributed by atoms with E-state index in [0.717, 1.165) is 59.3 Å². The van der Waals surface area contributed by atoms with Crippen LogP contribution in [0.15, 0.2) is 41.3 Å². The van der Waals surface area contributed by atoms with Crippen molar-refractivity contribution in [3.8, 4) is 11.3 Å². The lowest BCUT2D eigenvalue weighted by molar-refractivity contribution is -0.135. The molecule has 7 heteroatoms. The van der Waals surface area contributed by atoms with Crippen molar-refractivity contribution in [2.45, 2.75) is 59.2 Å². The molecule has 0 fully saturated rings. The SMILES string of the molecule is CCCN(CCC)C(=O)C1Cc2ccc(-c3cc4c(=O)n(CC)ccc4n3C)cc2NC(N)C1. The Morgan fingerprint density at radius 2 is 1.88 bits per heavy atom. The minimum absolute atomic E-state index is 0.0295. The predicted octanol–water partition coefficient (Wildman–Crippen LogP) is 3.93. The number of anilines is 1. The highest BCUT2D eigenvalue weighted by atomic mass is 16.2. The van der Waals surface area contributed by atoms with Gasteiger partial charge in [-0.05, 0) is 56.4 Å². The number of carbonyl (C=O) groups excluding carboxylic acids is 1. The topological polar surface area (TPSA) is 85.3 Å². The summed E-state index contributed by atoms with van der Waals surface area (Å²) in [7, 11) is 1.99. The first kappa shape index (κ1) is 24.1. The van der Waals surface area contributed by atoms with Crippen molar-refractivity contribution in [3.63, 3.8) is 0 Å². The number of amides is 1. The number of aromatic nitrogens is 2. The molecule has 3 N–H and O–H groups in total. The van der Waals surface area contributed by atoms with Crippen LogP contribution in [0.5, 0.6) is 0 Å². The first-order valence-corrected chi connectivity index (χ1v) is 12.5. The summed E-state index contributed by atoms with van der Waals surface area (Å²) in [6.45, 7) is 8.42. The Bertz CT molecular complexity index is 1240. The predicted molar refractivity (Wildman–Crippen MR) is 139 cm³/mol. The van der Waals surface area contributed by atoms with Crippen LogP contribution in [-0.4, -0.2) is 39.2 Å². The van der Waals surface area contributed by atoms with Crippen LogP contribution >= 0.6 is 0 Å². The number of nitrogens with zero attached hydrogens (tertiary/aromatic N) is 3. The molecule has 0 bridgehead atoms.